The summed E-state index contributed by atoms with van der Waals surface area (Å²) in [7, 11) is 0. The monoisotopic (exact) mass is 288 g/mol. The summed E-state index contributed by atoms with van der Waals surface area (Å²) in [6.07, 6.45) is 5.83. The molecule has 1 aliphatic carbocycles. The molecule has 2 amide bonds. The SMILES string of the molecule is CSCCC(C)NC(=O)NC1CCC(C(=O)O)CC1. The maximum Gasteiger partial charge on any atom is 0.315 e. The van der Waals surface area contributed by atoms with Crippen molar-refractivity contribution < 1.29 is 14.7 Å². The molecule has 5 nitrogen and oxygen atoms in total. The standard InChI is InChI=1S/C13H24N2O3S/c1-9(7-8-19-2)14-13(18)15-11-5-3-10(4-6-11)12(16)17/h9-11H,3-8H2,1-2H3,(H,16,17)(H2,14,15,18). The number of hydrogen-bond donors (Lipinski definition) is 3. The Labute approximate surface area is 118 Å². The largest absolute Gasteiger partial charge is 0.481 e. The number of nitrogens with one attached hydrogen (secondary N) is 2. The summed E-state index contributed by atoms with van der Waals surface area (Å²) in [4.78, 5) is 22.6. The minimum atomic E-state index is -0.714. The van der Waals surface area contributed by atoms with Crippen molar-refractivity contribution in [2.24, 2.45) is 5.92 Å². The summed E-state index contributed by atoms with van der Waals surface area (Å²) in [6.45, 7) is 2.00. The first kappa shape index (κ1) is 16.1. The zero-order valence-electron chi connectivity index (χ0n) is 11.6. The second kappa shape index (κ2) is 8.30. The van der Waals surface area contributed by atoms with Gasteiger partial charge in [0.25, 0.3) is 0 Å². The summed E-state index contributed by atoms with van der Waals surface area (Å²) < 4.78 is 0. The van der Waals surface area contributed by atoms with Gasteiger partial charge in [-0.05, 0) is 51.0 Å². The van der Waals surface area contributed by atoms with E-state index in [1.807, 2.05) is 13.2 Å². The number of thioether (sulfide) groups is 1. The lowest BCUT2D eigenvalue weighted by atomic mass is 9.86. The molecule has 110 valence electrons. The third-order valence-corrected chi connectivity index (χ3v) is 4.19. The highest BCUT2D eigenvalue weighted by molar-refractivity contribution is 7.98. The van der Waals surface area contributed by atoms with Gasteiger partial charge in [0.2, 0.25) is 0 Å². The number of carbonyl (C=O) groups excluding carboxylic acids is 1. The smallest absolute Gasteiger partial charge is 0.315 e. The number of rotatable bonds is 6. The molecule has 0 aromatic rings. The van der Waals surface area contributed by atoms with Crippen molar-refractivity contribution in [3.8, 4) is 0 Å². The molecule has 1 saturated carbocycles. The van der Waals surface area contributed by atoms with Gasteiger partial charge in [0.05, 0.1) is 5.92 Å². The van der Waals surface area contributed by atoms with Crippen molar-refractivity contribution in [2.45, 2.75) is 51.1 Å². The van der Waals surface area contributed by atoms with Crippen LogP contribution in [0.4, 0.5) is 4.79 Å². The first-order valence-electron chi connectivity index (χ1n) is 6.81. The normalized spacial score (nSPS) is 24.5. The van der Waals surface area contributed by atoms with Crippen LogP contribution in [-0.2, 0) is 4.79 Å². The van der Waals surface area contributed by atoms with Gasteiger partial charge < -0.3 is 15.7 Å². The zero-order chi connectivity index (χ0) is 14.3. The third-order valence-electron chi connectivity index (χ3n) is 3.54. The second-order valence-electron chi connectivity index (χ2n) is 5.19. The summed E-state index contributed by atoms with van der Waals surface area (Å²) >= 11 is 1.77. The quantitative estimate of drug-likeness (QED) is 0.699. The molecule has 0 bridgehead atoms. The van der Waals surface area contributed by atoms with E-state index < -0.39 is 5.97 Å². The van der Waals surface area contributed by atoms with Crippen LogP contribution in [-0.4, -0.2) is 41.2 Å². The summed E-state index contributed by atoms with van der Waals surface area (Å²) in [5.41, 5.74) is 0. The molecule has 1 rings (SSSR count). The molecule has 1 unspecified atom stereocenters. The Hall–Kier alpha value is -0.910. The van der Waals surface area contributed by atoms with Gasteiger partial charge in [0.1, 0.15) is 0 Å². The molecule has 1 atom stereocenters. The van der Waals surface area contributed by atoms with Crippen molar-refractivity contribution in [2.75, 3.05) is 12.0 Å². The van der Waals surface area contributed by atoms with Gasteiger partial charge in [-0.2, -0.15) is 11.8 Å². The summed E-state index contributed by atoms with van der Waals surface area (Å²) in [6, 6.07) is 0.151. The molecule has 0 heterocycles. The molecule has 0 aromatic heterocycles. The van der Waals surface area contributed by atoms with E-state index in [0.29, 0.717) is 12.8 Å². The molecule has 19 heavy (non-hydrogen) atoms. The maximum absolute atomic E-state index is 11.8. The van der Waals surface area contributed by atoms with Gasteiger partial charge in [0.15, 0.2) is 0 Å². The van der Waals surface area contributed by atoms with Crippen LogP contribution in [0.2, 0.25) is 0 Å². The van der Waals surface area contributed by atoms with Crippen molar-refractivity contribution in [1.82, 2.24) is 10.6 Å². The van der Waals surface area contributed by atoms with Crippen molar-refractivity contribution >= 4 is 23.8 Å². The van der Waals surface area contributed by atoms with Crippen molar-refractivity contribution in [3.05, 3.63) is 0 Å². The van der Waals surface area contributed by atoms with Crippen LogP contribution in [0.25, 0.3) is 0 Å². The Morgan fingerprint density at radius 2 is 1.95 bits per heavy atom. The summed E-state index contributed by atoms with van der Waals surface area (Å²) in [5.74, 6) is 0.0840. The Morgan fingerprint density at radius 1 is 1.32 bits per heavy atom. The van der Waals surface area contributed by atoms with Crippen molar-refractivity contribution in [3.63, 3.8) is 0 Å². The first-order valence-corrected chi connectivity index (χ1v) is 8.21. The Morgan fingerprint density at radius 3 is 2.47 bits per heavy atom. The van der Waals surface area contributed by atoms with E-state index in [1.54, 1.807) is 11.8 Å². The van der Waals surface area contributed by atoms with Gasteiger partial charge in [-0.25, -0.2) is 4.79 Å². The first-order chi connectivity index (χ1) is 9.02. The van der Waals surface area contributed by atoms with E-state index in [4.69, 9.17) is 5.11 Å². The number of carbonyl (C=O) groups is 2. The highest BCUT2D eigenvalue weighted by atomic mass is 32.2. The van der Waals surface area contributed by atoms with Crippen LogP contribution >= 0.6 is 11.8 Å². The number of amides is 2. The molecule has 0 aliphatic heterocycles. The fraction of sp³-hybridized carbons (Fsp3) is 0.846. The molecule has 1 aliphatic rings. The maximum atomic E-state index is 11.8. The Bertz CT molecular complexity index is 304. The Balaban J connectivity index is 2.21. The Kier molecular flexibility index (Phi) is 7.05. The van der Waals surface area contributed by atoms with Gasteiger partial charge in [-0.3, -0.25) is 4.79 Å². The second-order valence-corrected chi connectivity index (χ2v) is 6.17. The lowest BCUT2D eigenvalue weighted by molar-refractivity contribution is -0.142. The molecule has 0 saturated heterocycles. The highest BCUT2D eigenvalue weighted by Gasteiger charge is 2.26. The van der Waals surface area contributed by atoms with Crippen LogP contribution in [0.1, 0.15) is 39.0 Å². The van der Waals surface area contributed by atoms with E-state index in [0.717, 1.165) is 25.0 Å². The van der Waals surface area contributed by atoms with E-state index in [-0.39, 0.29) is 24.0 Å². The molecular formula is C13H24N2O3S. The average molecular weight is 288 g/mol. The third kappa shape index (κ3) is 6.18. The van der Waals surface area contributed by atoms with E-state index in [9.17, 15) is 9.59 Å². The molecule has 0 spiro atoms. The van der Waals surface area contributed by atoms with Crippen LogP contribution in [0, 0.1) is 5.92 Å². The van der Waals surface area contributed by atoms with E-state index in [2.05, 4.69) is 10.6 Å². The molecular weight excluding hydrogens is 264 g/mol. The fourth-order valence-electron chi connectivity index (χ4n) is 2.30. The predicted octanol–water partition coefficient (Wildman–Crippen LogP) is 2.07. The van der Waals surface area contributed by atoms with Crippen molar-refractivity contribution in [1.29, 1.82) is 0 Å². The minimum absolute atomic E-state index is 0.114. The number of hydrogen-bond acceptors (Lipinski definition) is 3. The molecule has 1 fully saturated rings. The van der Waals surface area contributed by atoms with Crippen LogP contribution < -0.4 is 10.6 Å². The van der Waals surface area contributed by atoms with Gasteiger partial charge in [-0.15, -0.1) is 0 Å². The van der Waals surface area contributed by atoms with Crippen LogP contribution in [0.3, 0.4) is 0 Å². The lowest BCUT2D eigenvalue weighted by Gasteiger charge is -2.27. The molecule has 3 N–H and O–H groups in total. The number of carboxylic acid groups (broad SMARTS) is 1. The fourth-order valence-corrected chi connectivity index (χ4v) is 2.89. The average Bonchev–Trinajstić information content (AvgIpc) is 2.36. The topological polar surface area (TPSA) is 78.4 Å². The number of carboxylic acids is 1. The van der Waals surface area contributed by atoms with Gasteiger partial charge in [0, 0.05) is 12.1 Å². The lowest BCUT2D eigenvalue weighted by Crippen LogP contribution is -2.46. The van der Waals surface area contributed by atoms with Gasteiger partial charge in [-0.1, -0.05) is 0 Å². The number of urea groups is 1. The van der Waals surface area contributed by atoms with Crippen LogP contribution in [0.5, 0.6) is 0 Å². The molecule has 6 heteroatoms. The van der Waals surface area contributed by atoms with E-state index in [1.165, 1.54) is 0 Å². The van der Waals surface area contributed by atoms with Gasteiger partial charge >= 0.3 is 12.0 Å². The minimum Gasteiger partial charge on any atom is -0.481 e. The van der Waals surface area contributed by atoms with Crippen LogP contribution in [0.15, 0.2) is 0 Å². The molecule has 0 radical (unpaired) electrons. The number of aliphatic carboxylic acids is 1. The highest BCUT2D eigenvalue weighted by Crippen LogP contribution is 2.24. The predicted molar refractivity (Wildman–Crippen MR) is 77.5 cm³/mol. The van der Waals surface area contributed by atoms with E-state index >= 15 is 0 Å². The summed E-state index contributed by atoms with van der Waals surface area (Å²) in [5, 5.41) is 14.8. The molecule has 0 aromatic carbocycles. The zero-order valence-corrected chi connectivity index (χ0v) is 12.5.